The number of aromatic amines is 1. The summed E-state index contributed by atoms with van der Waals surface area (Å²) in [6.07, 6.45) is 4.76. The maximum absolute atomic E-state index is 13.4. The molecule has 3 aromatic carbocycles. The molecule has 1 aliphatic carbocycles. The Morgan fingerprint density at radius 3 is 2.88 bits per heavy atom. The maximum Gasteiger partial charge on any atom is 0.255 e. The Balaban J connectivity index is 1.22. The molecule has 1 heterocycles. The van der Waals surface area contributed by atoms with Crippen LogP contribution in [0.2, 0.25) is 0 Å². The van der Waals surface area contributed by atoms with E-state index in [0.717, 1.165) is 36.7 Å². The van der Waals surface area contributed by atoms with E-state index in [1.165, 1.54) is 28.8 Å². The summed E-state index contributed by atoms with van der Waals surface area (Å²) >= 11 is 0. The van der Waals surface area contributed by atoms with Gasteiger partial charge in [-0.25, -0.2) is 4.39 Å². The van der Waals surface area contributed by atoms with Crippen molar-refractivity contribution in [1.29, 1.82) is 0 Å². The Kier molecular flexibility index (Phi) is 5.37. The molecule has 4 aromatic rings. The molecule has 1 unspecified atom stereocenters. The Morgan fingerprint density at radius 1 is 1.12 bits per heavy atom. The van der Waals surface area contributed by atoms with Crippen LogP contribution in [0.3, 0.4) is 0 Å². The van der Waals surface area contributed by atoms with Crippen LogP contribution in [0.4, 0.5) is 15.8 Å². The number of nitrogen functional groups attached to an aromatic ring is 1. The number of amides is 1. The third kappa shape index (κ3) is 3.97. The SMILES string of the molecule is Nc1ccccc1NC(=O)c1ccc2c(c1)CCC2NCCc1c[nH]c2cc(F)ccc12. The van der Waals surface area contributed by atoms with Gasteiger partial charge in [0.2, 0.25) is 0 Å². The van der Waals surface area contributed by atoms with Crippen LogP contribution in [0.15, 0.2) is 66.9 Å². The number of hydrogen-bond donors (Lipinski definition) is 4. The van der Waals surface area contributed by atoms with Gasteiger partial charge in [-0.15, -0.1) is 0 Å². The average Bonchev–Trinajstić information content (AvgIpc) is 3.38. The van der Waals surface area contributed by atoms with Crippen LogP contribution in [-0.4, -0.2) is 17.4 Å². The van der Waals surface area contributed by atoms with Crippen LogP contribution >= 0.6 is 0 Å². The molecule has 162 valence electrons. The van der Waals surface area contributed by atoms with Crippen molar-refractivity contribution in [2.45, 2.75) is 25.3 Å². The quantitative estimate of drug-likeness (QED) is 0.328. The minimum atomic E-state index is -0.230. The summed E-state index contributed by atoms with van der Waals surface area (Å²) in [5.74, 6) is -0.384. The van der Waals surface area contributed by atoms with E-state index in [0.29, 0.717) is 16.9 Å². The number of carbonyl (C=O) groups excluding carboxylic acids is 1. The van der Waals surface area contributed by atoms with Crippen molar-refractivity contribution in [1.82, 2.24) is 10.3 Å². The number of halogens is 1. The highest BCUT2D eigenvalue weighted by Gasteiger charge is 2.23. The molecule has 1 aliphatic rings. The number of anilines is 2. The van der Waals surface area contributed by atoms with E-state index in [4.69, 9.17) is 5.73 Å². The Bertz CT molecular complexity index is 1300. The molecule has 6 heteroatoms. The highest BCUT2D eigenvalue weighted by Crippen LogP contribution is 2.32. The number of aryl methyl sites for hydroxylation is 1. The molecule has 0 bridgehead atoms. The first-order chi connectivity index (χ1) is 15.6. The van der Waals surface area contributed by atoms with E-state index in [9.17, 15) is 9.18 Å². The van der Waals surface area contributed by atoms with Gasteiger partial charge in [0.1, 0.15) is 5.82 Å². The number of fused-ring (bicyclic) bond motifs is 2. The molecule has 1 atom stereocenters. The Hall–Kier alpha value is -3.64. The van der Waals surface area contributed by atoms with Gasteiger partial charge in [-0.2, -0.15) is 0 Å². The molecule has 0 spiro atoms. The van der Waals surface area contributed by atoms with Crippen LogP contribution in [-0.2, 0) is 12.8 Å². The first kappa shape index (κ1) is 20.3. The smallest absolute Gasteiger partial charge is 0.255 e. The van der Waals surface area contributed by atoms with Crippen LogP contribution < -0.4 is 16.4 Å². The third-order valence-electron chi connectivity index (χ3n) is 6.21. The number of aromatic nitrogens is 1. The molecule has 1 amide bonds. The minimum Gasteiger partial charge on any atom is -0.397 e. The molecular weight excluding hydrogens is 403 g/mol. The van der Waals surface area contributed by atoms with Gasteiger partial charge in [-0.1, -0.05) is 18.2 Å². The van der Waals surface area contributed by atoms with E-state index in [1.807, 2.05) is 36.5 Å². The molecule has 5 nitrogen and oxygen atoms in total. The lowest BCUT2D eigenvalue weighted by Gasteiger charge is -2.14. The minimum absolute atomic E-state index is 0.155. The normalized spacial score (nSPS) is 15.1. The molecule has 1 aromatic heterocycles. The van der Waals surface area contributed by atoms with Crippen LogP contribution in [0, 0.1) is 5.82 Å². The molecule has 5 rings (SSSR count). The second-order valence-corrected chi connectivity index (χ2v) is 8.25. The monoisotopic (exact) mass is 428 g/mol. The number of nitrogens with one attached hydrogen (secondary N) is 3. The lowest BCUT2D eigenvalue weighted by Crippen LogP contribution is -2.22. The average molecular weight is 429 g/mol. The van der Waals surface area contributed by atoms with Crippen molar-refractivity contribution in [2.75, 3.05) is 17.6 Å². The molecular formula is C26H25FN4O. The Labute approximate surface area is 185 Å². The topological polar surface area (TPSA) is 82.9 Å². The number of benzene rings is 3. The third-order valence-corrected chi connectivity index (χ3v) is 6.21. The summed E-state index contributed by atoms with van der Waals surface area (Å²) in [5.41, 5.74) is 12.2. The van der Waals surface area contributed by atoms with Gasteiger partial charge in [0.05, 0.1) is 11.4 Å². The molecule has 0 saturated carbocycles. The van der Waals surface area contributed by atoms with E-state index >= 15 is 0 Å². The fourth-order valence-electron chi connectivity index (χ4n) is 4.52. The molecule has 32 heavy (non-hydrogen) atoms. The molecule has 0 radical (unpaired) electrons. The van der Waals surface area contributed by atoms with Gasteiger partial charge >= 0.3 is 0 Å². The zero-order valence-corrected chi connectivity index (χ0v) is 17.6. The second kappa shape index (κ2) is 8.48. The van der Waals surface area contributed by atoms with Crippen molar-refractivity contribution in [3.63, 3.8) is 0 Å². The Morgan fingerprint density at radius 2 is 2.00 bits per heavy atom. The van der Waals surface area contributed by atoms with Gasteiger partial charge in [0, 0.05) is 28.7 Å². The first-order valence-electron chi connectivity index (χ1n) is 10.9. The van der Waals surface area contributed by atoms with Crippen molar-refractivity contribution >= 4 is 28.2 Å². The molecule has 5 N–H and O–H groups in total. The lowest BCUT2D eigenvalue weighted by atomic mass is 10.0. The molecule has 0 saturated heterocycles. The lowest BCUT2D eigenvalue weighted by molar-refractivity contribution is 0.102. The van der Waals surface area contributed by atoms with Crippen molar-refractivity contribution < 1.29 is 9.18 Å². The predicted molar refractivity (Wildman–Crippen MR) is 126 cm³/mol. The highest BCUT2D eigenvalue weighted by molar-refractivity contribution is 6.05. The van der Waals surface area contributed by atoms with E-state index < -0.39 is 0 Å². The summed E-state index contributed by atoms with van der Waals surface area (Å²) in [6, 6.07) is 18.3. The van der Waals surface area contributed by atoms with Gasteiger partial charge < -0.3 is 21.4 Å². The fourth-order valence-corrected chi connectivity index (χ4v) is 4.52. The van der Waals surface area contributed by atoms with Gasteiger partial charge in [0.25, 0.3) is 5.91 Å². The van der Waals surface area contributed by atoms with Gasteiger partial charge in [-0.05, 0) is 85.0 Å². The predicted octanol–water partition coefficient (Wildman–Crippen LogP) is 4.96. The second-order valence-electron chi connectivity index (χ2n) is 8.25. The highest BCUT2D eigenvalue weighted by atomic mass is 19.1. The van der Waals surface area contributed by atoms with Crippen molar-refractivity contribution in [3.8, 4) is 0 Å². The fraction of sp³-hybridized carbons (Fsp3) is 0.192. The van der Waals surface area contributed by atoms with E-state index in [1.54, 1.807) is 12.1 Å². The van der Waals surface area contributed by atoms with Crippen LogP contribution in [0.5, 0.6) is 0 Å². The zero-order chi connectivity index (χ0) is 22.1. The number of H-pyrrole nitrogens is 1. The van der Waals surface area contributed by atoms with E-state index in [-0.39, 0.29) is 17.8 Å². The number of nitrogens with two attached hydrogens (primary N) is 1. The zero-order valence-electron chi connectivity index (χ0n) is 17.6. The number of hydrogen-bond acceptors (Lipinski definition) is 3. The number of carbonyl (C=O) groups is 1. The number of para-hydroxylation sites is 2. The van der Waals surface area contributed by atoms with Crippen LogP contribution in [0.1, 0.15) is 39.5 Å². The summed E-state index contributed by atoms with van der Waals surface area (Å²) in [7, 11) is 0. The standard InChI is InChI=1S/C26H25FN4O/c27-19-7-9-21-18(15-30-25(21)14-19)11-12-29-23-10-6-16-13-17(5-8-20(16)23)26(32)31-24-4-2-1-3-22(24)28/h1-5,7-9,13-15,23,29-30H,6,10-12,28H2,(H,31,32). The summed E-state index contributed by atoms with van der Waals surface area (Å²) in [4.78, 5) is 15.8. The summed E-state index contributed by atoms with van der Waals surface area (Å²) in [5, 5.41) is 7.60. The summed E-state index contributed by atoms with van der Waals surface area (Å²) < 4.78 is 13.4. The summed E-state index contributed by atoms with van der Waals surface area (Å²) in [6.45, 7) is 0.823. The van der Waals surface area contributed by atoms with Gasteiger partial charge in [-0.3, -0.25) is 4.79 Å². The van der Waals surface area contributed by atoms with Crippen LogP contribution in [0.25, 0.3) is 10.9 Å². The molecule has 0 aliphatic heterocycles. The first-order valence-corrected chi connectivity index (χ1v) is 10.9. The number of rotatable bonds is 6. The van der Waals surface area contributed by atoms with Crippen molar-refractivity contribution in [3.05, 3.63) is 94.9 Å². The van der Waals surface area contributed by atoms with Crippen molar-refractivity contribution in [2.24, 2.45) is 0 Å². The van der Waals surface area contributed by atoms with E-state index in [2.05, 4.69) is 21.7 Å². The largest absolute Gasteiger partial charge is 0.397 e. The molecule has 0 fully saturated rings. The maximum atomic E-state index is 13.4. The van der Waals surface area contributed by atoms with Gasteiger partial charge in [0.15, 0.2) is 0 Å².